The summed E-state index contributed by atoms with van der Waals surface area (Å²) in [4.78, 5) is 4.39. The standard InChI is InChI=1S/C17H24N2OS/c1-3-5-11-20-15-8-6-14(7-9-15)13-19-16(4-2)17-18-10-12-21-17/h6-10,12,16,19H,3-5,11,13H2,1-2H3. The van der Waals surface area contributed by atoms with Crippen LogP contribution in [0.2, 0.25) is 0 Å². The number of thiazole rings is 1. The number of aromatic nitrogens is 1. The molecule has 1 heterocycles. The number of ether oxygens (including phenoxy) is 1. The quantitative estimate of drug-likeness (QED) is 0.689. The van der Waals surface area contributed by atoms with Crippen LogP contribution < -0.4 is 10.1 Å². The predicted octanol–water partition coefficient (Wildman–Crippen LogP) is 4.56. The Balaban J connectivity index is 1.82. The fourth-order valence-electron chi connectivity index (χ4n) is 2.09. The maximum atomic E-state index is 5.68. The van der Waals surface area contributed by atoms with E-state index in [4.69, 9.17) is 4.74 Å². The van der Waals surface area contributed by atoms with Gasteiger partial charge in [0, 0.05) is 18.1 Å². The Labute approximate surface area is 131 Å². The highest BCUT2D eigenvalue weighted by atomic mass is 32.1. The van der Waals surface area contributed by atoms with Crippen molar-refractivity contribution in [3.8, 4) is 5.75 Å². The third-order valence-electron chi connectivity index (χ3n) is 3.40. The molecule has 2 rings (SSSR count). The molecule has 0 spiro atoms. The number of hydrogen-bond donors (Lipinski definition) is 1. The SMILES string of the molecule is CCCCOc1ccc(CNC(CC)c2nccs2)cc1. The van der Waals surface area contributed by atoms with Gasteiger partial charge in [-0.3, -0.25) is 0 Å². The number of rotatable bonds is 9. The van der Waals surface area contributed by atoms with Crippen molar-refractivity contribution in [1.82, 2.24) is 10.3 Å². The maximum Gasteiger partial charge on any atom is 0.119 e. The summed E-state index contributed by atoms with van der Waals surface area (Å²) in [6.45, 7) is 6.01. The second-order valence-corrected chi connectivity index (χ2v) is 5.98. The Morgan fingerprint density at radius 3 is 2.67 bits per heavy atom. The third kappa shape index (κ3) is 5.14. The average molecular weight is 304 g/mol. The van der Waals surface area contributed by atoms with Gasteiger partial charge in [0.05, 0.1) is 12.6 Å². The molecule has 0 radical (unpaired) electrons. The lowest BCUT2D eigenvalue weighted by atomic mass is 10.2. The Hall–Kier alpha value is -1.39. The van der Waals surface area contributed by atoms with Gasteiger partial charge in [0.15, 0.2) is 0 Å². The molecule has 1 aromatic heterocycles. The summed E-state index contributed by atoms with van der Waals surface area (Å²) in [7, 11) is 0. The van der Waals surface area contributed by atoms with E-state index in [-0.39, 0.29) is 0 Å². The zero-order chi connectivity index (χ0) is 14.9. The highest BCUT2D eigenvalue weighted by Crippen LogP contribution is 2.20. The lowest BCUT2D eigenvalue weighted by Crippen LogP contribution is -2.20. The minimum absolute atomic E-state index is 0.338. The molecule has 0 amide bonds. The van der Waals surface area contributed by atoms with E-state index in [1.807, 2.05) is 11.6 Å². The fraction of sp³-hybridized carbons (Fsp3) is 0.471. The second-order valence-electron chi connectivity index (χ2n) is 5.06. The van der Waals surface area contributed by atoms with Crippen molar-refractivity contribution in [2.75, 3.05) is 6.61 Å². The van der Waals surface area contributed by atoms with E-state index in [9.17, 15) is 0 Å². The lowest BCUT2D eigenvalue weighted by molar-refractivity contribution is 0.309. The van der Waals surface area contributed by atoms with Gasteiger partial charge in [-0.05, 0) is 30.5 Å². The van der Waals surface area contributed by atoms with Crippen molar-refractivity contribution in [1.29, 1.82) is 0 Å². The van der Waals surface area contributed by atoms with Crippen molar-refractivity contribution >= 4 is 11.3 Å². The molecule has 0 fully saturated rings. The van der Waals surface area contributed by atoms with Crippen LogP contribution in [0.15, 0.2) is 35.8 Å². The molecule has 1 N–H and O–H groups in total. The summed E-state index contributed by atoms with van der Waals surface area (Å²) in [5.41, 5.74) is 1.27. The molecule has 114 valence electrons. The van der Waals surface area contributed by atoms with E-state index in [0.717, 1.165) is 43.2 Å². The van der Waals surface area contributed by atoms with Gasteiger partial charge in [0.1, 0.15) is 10.8 Å². The Bertz CT molecular complexity index is 496. The van der Waals surface area contributed by atoms with Gasteiger partial charge >= 0.3 is 0 Å². The van der Waals surface area contributed by atoms with Crippen molar-refractivity contribution < 1.29 is 4.74 Å². The van der Waals surface area contributed by atoms with E-state index < -0.39 is 0 Å². The topological polar surface area (TPSA) is 34.1 Å². The molecule has 3 nitrogen and oxygen atoms in total. The number of nitrogens with zero attached hydrogens (tertiary/aromatic N) is 1. The third-order valence-corrected chi connectivity index (χ3v) is 4.29. The Kier molecular flexibility index (Phi) is 6.70. The van der Waals surface area contributed by atoms with E-state index in [1.165, 1.54) is 5.56 Å². The molecular weight excluding hydrogens is 280 g/mol. The van der Waals surface area contributed by atoms with Crippen LogP contribution in [-0.2, 0) is 6.54 Å². The molecule has 0 aliphatic heterocycles. The first-order valence-electron chi connectivity index (χ1n) is 7.68. The van der Waals surface area contributed by atoms with Crippen LogP contribution in [0.4, 0.5) is 0 Å². The van der Waals surface area contributed by atoms with Gasteiger partial charge in [0.25, 0.3) is 0 Å². The minimum Gasteiger partial charge on any atom is -0.494 e. The molecule has 0 saturated carbocycles. The predicted molar refractivity (Wildman–Crippen MR) is 88.8 cm³/mol. The summed E-state index contributed by atoms with van der Waals surface area (Å²) in [5, 5.41) is 6.76. The first-order valence-corrected chi connectivity index (χ1v) is 8.56. The van der Waals surface area contributed by atoms with Gasteiger partial charge in [-0.1, -0.05) is 32.4 Å². The fourth-order valence-corrected chi connectivity index (χ4v) is 2.89. The summed E-state index contributed by atoms with van der Waals surface area (Å²) in [6.07, 6.45) is 5.19. The van der Waals surface area contributed by atoms with Crippen molar-refractivity contribution in [2.24, 2.45) is 0 Å². The molecule has 1 unspecified atom stereocenters. The largest absolute Gasteiger partial charge is 0.494 e. The van der Waals surface area contributed by atoms with Gasteiger partial charge in [-0.15, -0.1) is 11.3 Å². The van der Waals surface area contributed by atoms with Crippen LogP contribution in [0, 0.1) is 0 Å². The molecule has 1 aromatic carbocycles. The van der Waals surface area contributed by atoms with Crippen LogP contribution in [0.25, 0.3) is 0 Å². The summed E-state index contributed by atoms with van der Waals surface area (Å²) >= 11 is 1.71. The lowest BCUT2D eigenvalue weighted by Gasteiger charge is -2.14. The Morgan fingerprint density at radius 1 is 1.24 bits per heavy atom. The molecule has 0 bridgehead atoms. The first kappa shape index (κ1) is 16.0. The summed E-state index contributed by atoms with van der Waals surface area (Å²) < 4.78 is 5.68. The van der Waals surface area contributed by atoms with E-state index in [2.05, 4.69) is 48.4 Å². The highest BCUT2D eigenvalue weighted by Gasteiger charge is 2.10. The van der Waals surface area contributed by atoms with E-state index in [0.29, 0.717) is 6.04 Å². The van der Waals surface area contributed by atoms with Crippen LogP contribution in [0.5, 0.6) is 5.75 Å². The molecule has 0 aliphatic carbocycles. The molecule has 1 atom stereocenters. The second kappa shape index (κ2) is 8.80. The molecular formula is C17H24N2OS. The van der Waals surface area contributed by atoms with Crippen LogP contribution in [-0.4, -0.2) is 11.6 Å². The monoisotopic (exact) mass is 304 g/mol. The van der Waals surface area contributed by atoms with E-state index in [1.54, 1.807) is 11.3 Å². The van der Waals surface area contributed by atoms with Gasteiger partial charge in [-0.2, -0.15) is 0 Å². The van der Waals surface area contributed by atoms with Crippen LogP contribution in [0.1, 0.15) is 49.7 Å². The number of hydrogen-bond acceptors (Lipinski definition) is 4. The molecule has 21 heavy (non-hydrogen) atoms. The smallest absolute Gasteiger partial charge is 0.119 e. The molecule has 0 aliphatic rings. The normalized spacial score (nSPS) is 12.3. The molecule has 4 heteroatoms. The van der Waals surface area contributed by atoms with Gasteiger partial charge < -0.3 is 10.1 Å². The zero-order valence-corrected chi connectivity index (χ0v) is 13.7. The van der Waals surface area contributed by atoms with Crippen molar-refractivity contribution in [2.45, 2.75) is 45.7 Å². The number of benzene rings is 1. The van der Waals surface area contributed by atoms with Gasteiger partial charge in [-0.25, -0.2) is 4.98 Å². The summed E-state index contributed by atoms with van der Waals surface area (Å²) in [5.74, 6) is 0.958. The molecule has 0 saturated heterocycles. The minimum atomic E-state index is 0.338. The Morgan fingerprint density at radius 2 is 2.05 bits per heavy atom. The van der Waals surface area contributed by atoms with Crippen LogP contribution >= 0.6 is 11.3 Å². The average Bonchev–Trinajstić information content (AvgIpc) is 3.04. The first-order chi connectivity index (χ1) is 10.3. The highest BCUT2D eigenvalue weighted by molar-refractivity contribution is 7.09. The van der Waals surface area contributed by atoms with Crippen molar-refractivity contribution in [3.63, 3.8) is 0 Å². The van der Waals surface area contributed by atoms with E-state index >= 15 is 0 Å². The van der Waals surface area contributed by atoms with Gasteiger partial charge in [0.2, 0.25) is 0 Å². The number of unbranched alkanes of at least 4 members (excludes halogenated alkanes) is 1. The maximum absolute atomic E-state index is 5.68. The molecule has 2 aromatic rings. The summed E-state index contributed by atoms with van der Waals surface area (Å²) in [6, 6.07) is 8.70. The zero-order valence-electron chi connectivity index (χ0n) is 12.8. The van der Waals surface area contributed by atoms with Crippen molar-refractivity contribution in [3.05, 3.63) is 46.4 Å². The van der Waals surface area contributed by atoms with Crippen LogP contribution in [0.3, 0.4) is 0 Å². The number of nitrogens with one attached hydrogen (secondary N) is 1.